The van der Waals surface area contributed by atoms with Crippen LogP contribution in [0.4, 0.5) is 0 Å². The number of hydrogen-bond acceptors (Lipinski definition) is 3. The van der Waals surface area contributed by atoms with Crippen molar-refractivity contribution in [1.82, 2.24) is 9.78 Å². The molecule has 4 nitrogen and oxygen atoms in total. The fourth-order valence-corrected chi connectivity index (χ4v) is 1.61. The number of aromatic hydroxyl groups is 1. The van der Waals surface area contributed by atoms with E-state index in [0.29, 0.717) is 17.8 Å². The van der Waals surface area contributed by atoms with E-state index in [-0.39, 0.29) is 5.75 Å². The molecule has 1 fully saturated rings. The summed E-state index contributed by atoms with van der Waals surface area (Å²) >= 11 is 0. The maximum Gasteiger partial charge on any atom is 0.156 e. The predicted octanol–water partition coefficient (Wildman–Crippen LogP) is 1.25. The molecule has 1 saturated carbocycles. The van der Waals surface area contributed by atoms with Crippen molar-refractivity contribution in [2.75, 3.05) is 7.11 Å². The summed E-state index contributed by atoms with van der Waals surface area (Å²) in [6.45, 7) is 1.80. The molecule has 0 atom stereocenters. The first-order chi connectivity index (χ1) is 6.20. The normalized spacial score (nSPS) is 27.2. The van der Waals surface area contributed by atoms with Crippen LogP contribution >= 0.6 is 0 Å². The van der Waals surface area contributed by atoms with Crippen LogP contribution < -0.4 is 0 Å². The van der Waals surface area contributed by atoms with Gasteiger partial charge in [-0.05, 0) is 19.8 Å². The van der Waals surface area contributed by atoms with Gasteiger partial charge in [0.2, 0.25) is 0 Å². The number of hydrogen-bond donors (Lipinski definition) is 1. The lowest BCUT2D eigenvalue weighted by molar-refractivity contribution is 0.00235. The maximum absolute atomic E-state index is 9.32. The van der Waals surface area contributed by atoms with Gasteiger partial charge in [0.05, 0.1) is 18.3 Å². The monoisotopic (exact) mass is 182 g/mol. The fraction of sp³-hybridized carbons (Fsp3) is 0.667. The molecule has 0 spiro atoms. The molecule has 0 unspecified atom stereocenters. The first-order valence-electron chi connectivity index (χ1n) is 4.48. The third kappa shape index (κ3) is 1.42. The third-order valence-corrected chi connectivity index (χ3v) is 2.67. The first-order valence-corrected chi connectivity index (χ1v) is 4.48. The van der Waals surface area contributed by atoms with Gasteiger partial charge in [-0.15, -0.1) is 0 Å². The summed E-state index contributed by atoms with van der Waals surface area (Å²) in [6, 6.07) is 0.407. The van der Waals surface area contributed by atoms with Crippen LogP contribution in [0.3, 0.4) is 0 Å². The summed E-state index contributed by atoms with van der Waals surface area (Å²) in [5, 5.41) is 13.5. The van der Waals surface area contributed by atoms with Crippen molar-refractivity contribution in [3.8, 4) is 5.75 Å². The summed E-state index contributed by atoms with van der Waals surface area (Å²) in [6.07, 6.45) is 4.05. The van der Waals surface area contributed by atoms with Crippen molar-refractivity contribution in [3.63, 3.8) is 0 Å². The fourth-order valence-electron chi connectivity index (χ4n) is 1.61. The van der Waals surface area contributed by atoms with Crippen LogP contribution in [0.25, 0.3) is 0 Å². The van der Waals surface area contributed by atoms with Crippen molar-refractivity contribution < 1.29 is 9.84 Å². The predicted molar refractivity (Wildman–Crippen MR) is 47.7 cm³/mol. The standard InChI is InChI=1S/C9H14N2O2/c1-6-9(12)5-11(10-6)7-3-8(4-7)13-2/h5,7-8,12H,3-4H2,1-2H3. The van der Waals surface area contributed by atoms with Gasteiger partial charge in [0.15, 0.2) is 5.75 Å². The highest BCUT2D eigenvalue weighted by molar-refractivity contribution is 5.21. The smallest absolute Gasteiger partial charge is 0.156 e. The molecule has 1 aliphatic rings. The Kier molecular flexibility index (Phi) is 2.00. The van der Waals surface area contributed by atoms with Gasteiger partial charge in [0, 0.05) is 7.11 Å². The average Bonchev–Trinajstić information content (AvgIpc) is 2.30. The molecule has 2 rings (SSSR count). The molecule has 1 aromatic heterocycles. The molecule has 0 saturated heterocycles. The summed E-state index contributed by atoms with van der Waals surface area (Å²) in [5.41, 5.74) is 0.695. The van der Waals surface area contributed by atoms with Crippen LogP contribution in [0.1, 0.15) is 24.6 Å². The summed E-state index contributed by atoms with van der Waals surface area (Å²) < 4.78 is 7.00. The molecule has 0 aliphatic heterocycles. The van der Waals surface area contributed by atoms with Crippen molar-refractivity contribution >= 4 is 0 Å². The van der Waals surface area contributed by atoms with Gasteiger partial charge in [-0.2, -0.15) is 5.10 Å². The Morgan fingerprint density at radius 3 is 2.77 bits per heavy atom. The minimum Gasteiger partial charge on any atom is -0.504 e. The van der Waals surface area contributed by atoms with E-state index in [1.54, 1.807) is 20.2 Å². The Labute approximate surface area is 77.1 Å². The number of methoxy groups -OCH3 is 1. The van der Waals surface area contributed by atoms with E-state index in [4.69, 9.17) is 4.74 Å². The van der Waals surface area contributed by atoms with Gasteiger partial charge in [-0.1, -0.05) is 0 Å². The highest BCUT2D eigenvalue weighted by Gasteiger charge is 2.31. The van der Waals surface area contributed by atoms with Crippen molar-refractivity contribution in [2.45, 2.75) is 31.9 Å². The molecule has 1 N–H and O–H groups in total. The second kappa shape index (κ2) is 3.03. The number of aryl methyl sites for hydroxylation is 1. The number of rotatable bonds is 2. The second-order valence-corrected chi connectivity index (χ2v) is 3.56. The van der Waals surface area contributed by atoms with Crippen LogP contribution in [0.2, 0.25) is 0 Å². The molecule has 1 aliphatic carbocycles. The van der Waals surface area contributed by atoms with E-state index in [9.17, 15) is 5.11 Å². The molecular formula is C9H14N2O2. The first kappa shape index (κ1) is 8.56. The largest absolute Gasteiger partial charge is 0.504 e. The van der Waals surface area contributed by atoms with Gasteiger partial charge in [0.25, 0.3) is 0 Å². The highest BCUT2D eigenvalue weighted by Crippen LogP contribution is 2.34. The lowest BCUT2D eigenvalue weighted by Gasteiger charge is -2.33. The van der Waals surface area contributed by atoms with Gasteiger partial charge in [-0.3, -0.25) is 4.68 Å². The minimum atomic E-state index is 0.279. The van der Waals surface area contributed by atoms with Crippen LogP contribution in [-0.4, -0.2) is 28.1 Å². The van der Waals surface area contributed by atoms with E-state index in [2.05, 4.69) is 5.10 Å². The Hall–Kier alpha value is -1.03. The van der Waals surface area contributed by atoms with Crippen molar-refractivity contribution in [2.24, 2.45) is 0 Å². The van der Waals surface area contributed by atoms with Gasteiger partial charge in [0.1, 0.15) is 5.69 Å². The van der Waals surface area contributed by atoms with E-state index >= 15 is 0 Å². The Morgan fingerprint density at radius 1 is 1.62 bits per heavy atom. The van der Waals surface area contributed by atoms with E-state index in [1.165, 1.54) is 0 Å². The van der Waals surface area contributed by atoms with E-state index in [0.717, 1.165) is 12.8 Å². The van der Waals surface area contributed by atoms with E-state index < -0.39 is 0 Å². The molecule has 0 amide bonds. The van der Waals surface area contributed by atoms with Crippen molar-refractivity contribution in [3.05, 3.63) is 11.9 Å². The molecule has 72 valence electrons. The topological polar surface area (TPSA) is 47.3 Å². The summed E-state index contributed by atoms with van der Waals surface area (Å²) in [7, 11) is 1.73. The van der Waals surface area contributed by atoms with Gasteiger partial charge >= 0.3 is 0 Å². The second-order valence-electron chi connectivity index (χ2n) is 3.56. The SMILES string of the molecule is COC1CC(n2cc(O)c(C)n2)C1. The quantitative estimate of drug-likeness (QED) is 0.748. The van der Waals surface area contributed by atoms with Crippen LogP contribution in [-0.2, 0) is 4.74 Å². The molecule has 1 aromatic rings. The Morgan fingerprint density at radius 2 is 2.31 bits per heavy atom. The zero-order valence-electron chi connectivity index (χ0n) is 7.90. The Bertz CT molecular complexity index is 283. The maximum atomic E-state index is 9.32. The average molecular weight is 182 g/mol. The molecule has 0 radical (unpaired) electrons. The lowest BCUT2D eigenvalue weighted by Crippen LogP contribution is -2.32. The molecular weight excluding hydrogens is 168 g/mol. The Balaban J connectivity index is 2.03. The van der Waals surface area contributed by atoms with Crippen LogP contribution in [0, 0.1) is 6.92 Å². The molecule has 1 heterocycles. The third-order valence-electron chi connectivity index (χ3n) is 2.67. The zero-order chi connectivity index (χ0) is 9.42. The molecule has 4 heteroatoms. The highest BCUT2D eigenvalue weighted by atomic mass is 16.5. The minimum absolute atomic E-state index is 0.279. The van der Waals surface area contributed by atoms with E-state index in [1.807, 2.05) is 4.68 Å². The van der Waals surface area contributed by atoms with Crippen LogP contribution in [0.15, 0.2) is 6.20 Å². The molecule has 0 bridgehead atoms. The number of aromatic nitrogens is 2. The molecule has 13 heavy (non-hydrogen) atoms. The van der Waals surface area contributed by atoms with Crippen molar-refractivity contribution in [1.29, 1.82) is 0 Å². The van der Waals surface area contributed by atoms with Gasteiger partial charge in [-0.25, -0.2) is 0 Å². The number of ether oxygens (including phenoxy) is 1. The van der Waals surface area contributed by atoms with Gasteiger partial charge < -0.3 is 9.84 Å². The van der Waals surface area contributed by atoms with Crippen LogP contribution in [0.5, 0.6) is 5.75 Å². The zero-order valence-corrected chi connectivity index (χ0v) is 7.90. The molecule has 0 aromatic carbocycles. The lowest BCUT2D eigenvalue weighted by atomic mass is 9.89. The number of nitrogens with zero attached hydrogens (tertiary/aromatic N) is 2. The summed E-state index contributed by atoms with van der Waals surface area (Å²) in [4.78, 5) is 0. The summed E-state index contributed by atoms with van der Waals surface area (Å²) in [5.74, 6) is 0.279.